The highest BCUT2D eigenvalue weighted by Gasteiger charge is 2.31. The van der Waals surface area contributed by atoms with E-state index < -0.39 is 0 Å². The third-order valence-corrected chi connectivity index (χ3v) is 3.57. The Kier molecular flexibility index (Phi) is 4.62. The molecule has 2 aromatic rings. The molecule has 1 aliphatic carbocycles. The van der Waals surface area contributed by atoms with Crippen molar-refractivity contribution in [2.75, 3.05) is 6.54 Å². The van der Waals surface area contributed by atoms with Gasteiger partial charge in [0.05, 0.1) is 6.42 Å². The van der Waals surface area contributed by atoms with Crippen LogP contribution in [0.2, 0.25) is 0 Å². The number of carbonyl (C=O) groups excluding carboxylic acids is 1. The van der Waals surface area contributed by atoms with Crippen molar-refractivity contribution in [2.45, 2.75) is 25.3 Å². The van der Waals surface area contributed by atoms with Crippen LogP contribution in [0.4, 0.5) is 0 Å². The zero-order valence-electron chi connectivity index (χ0n) is 11.0. The summed E-state index contributed by atoms with van der Waals surface area (Å²) >= 11 is 0. The van der Waals surface area contributed by atoms with Gasteiger partial charge in [-0.2, -0.15) is 0 Å². The Balaban J connectivity index is 0.00000147. The normalized spacial score (nSPS) is 15.7. The van der Waals surface area contributed by atoms with Crippen molar-refractivity contribution in [1.82, 2.24) is 10.5 Å². The lowest BCUT2D eigenvalue weighted by atomic mass is 10.1. The molecule has 3 rings (SSSR count). The first kappa shape index (κ1) is 14.8. The van der Waals surface area contributed by atoms with Gasteiger partial charge in [-0.3, -0.25) is 4.79 Å². The number of benzene rings is 1. The third-order valence-electron chi connectivity index (χ3n) is 3.57. The summed E-state index contributed by atoms with van der Waals surface area (Å²) in [5.41, 5.74) is 7.07. The van der Waals surface area contributed by atoms with E-state index in [-0.39, 0.29) is 30.8 Å². The Morgan fingerprint density at radius 2 is 2.20 bits per heavy atom. The van der Waals surface area contributed by atoms with Crippen LogP contribution >= 0.6 is 12.4 Å². The Morgan fingerprint density at radius 1 is 1.45 bits per heavy atom. The fourth-order valence-electron chi connectivity index (χ4n) is 2.34. The van der Waals surface area contributed by atoms with Gasteiger partial charge in [-0.25, -0.2) is 0 Å². The average Bonchev–Trinajstić information content (AvgIpc) is 3.19. The van der Waals surface area contributed by atoms with Crippen LogP contribution in [0.5, 0.6) is 0 Å². The summed E-state index contributed by atoms with van der Waals surface area (Å²) in [6.07, 6.45) is 2.56. The molecule has 1 aliphatic rings. The second kappa shape index (κ2) is 6.24. The minimum Gasteiger partial charge on any atom is -0.356 e. The summed E-state index contributed by atoms with van der Waals surface area (Å²) in [5, 5.41) is 7.84. The van der Waals surface area contributed by atoms with E-state index in [1.165, 1.54) is 0 Å². The molecule has 0 bridgehead atoms. The predicted molar refractivity (Wildman–Crippen MR) is 78.7 cm³/mol. The van der Waals surface area contributed by atoms with Crippen molar-refractivity contribution in [1.29, 1.82) is 0 Å². The number of halogens is 1. The van der Waals surface area contributed by atoms with E-state index in [9.17, 15) is 4.79 Å². The van der Waals surface area contributed by atoms with Crippen molar-refractivity contribution in [3.8, 4) is 0 Å². The summed E-state index contributed by atoms with van der Waals surface area (Å²) in [6, 6.07) is 7.65. The van der Waals surface area contributed by atoms with Gasteiger partial charge >= 0.3 is 0 Å². The van der Waals surface area contributed by atoms with E-state index in [4.69, 9.17) is 10.3 Å². The highest BCUT2D eigenvalue weighted by molar-refractivity contribution is 5.86. The molecule has 0 aliphatic heterocycles. The number of nitrogens with one attached hydrogen (secondary N) is 1. The number of hydrogen-bond donors (Lipinski definition) is 2. The lowest BCUT2D eigenvalue weighted by Crippen LogP contribution is -2.42. The topological polar surface area (TPSA) is 81.1 Å². The molecule has 0 radical (unpaired) electrons. The van der Waals surface area contributed by atoms with E-state index >= 15 is 0 Å². The maximum absolute atomic E-state index is 12.0. The molecule has 1 aromatic heterocycles. The van der Waals surface area contributed by atoms with Crippen LogP contribution < -0.4 is 11.1 Å². The third kappa shape index (κ3) is 3.11. The quantitative estimate of drug-likeness (QED) is 0.879. The number of hydrogen-bond acceptors (Lipinski definition) is 4. The number of fused-ring (bicyclic) bond motifs is 1. The van der Waals surface area contributed by atoms with Gasteiger partial charge in [0, 0.05) is 18.0 Å². The van der Waals surface area contributed by atoms with Gasteiger partial charge in [-0.15, -0.1) is 12.4 Å². The minimum absolute atomic E-state index is 0. The van der Waals surface area contributed by atoms with Crippen molar-refractivity contribution in [3.05, 3.63) is 30.0 Å². The Bertz CT molecular complexity index is 595. The number of nitrogens with zero attached hydrogens (tertiary/aromatic N) is 1. The van der Waals surface area contributed by atoms with Crippen LogP contribution in [0, 0.1) is 5.92 Å². The predicted octanol–water partition coefficient (Wildman–Crippen LogP) is 1.65. The second-order valence-corrected chi connectivity index (χ2v) is 5.05. The van der Waals surface area contributed by atoms with Gasteiger partial charge in [0.15, 0.2) is 5.58 Å². The summed E-state index contributed by atoms with van der Waals surface area (Å²) in [5.74, 6) is 0.518. The number of amides is 1. The molecule has 0 spiro atoms. The monoisotopic (exact) mass is 295 g/mol. The maximum atomic E-state index is 12.0. The van der Waals surface area contributed by atoms with E-state index in [0.29, 0.717) is 23.7 Å². The molecule has 6 heteroatoms. The Labute approximate surface area is 123 Å². The largest absolute Gasteiger partial charge is 0.356 e. The van der Waals surface area contributed by atoms with Crippen molar-refractivity contribution >= 4 is 29.3 Å². The zero-order valence-corrected chi connectivity index (χ0v) is 11.9. The van der Waals surface area contributed by atoms with Gasteiger partial charge in [0.25, 0.3) is 0 Å². The molecule has 1 heterocycles. The number of nitrogens with two attached hydrogens (primary N) is 1. The van der Waals surface area contributed by atoms with Gasteiger partial charge in [0.2, 0.25) is 5.91 Å². The summed E-state index contributed by atoms with van der Waals surface area (Å²) < 4.78 is 5.19. The van der Waals surface area contributed by atoms with Gasteiger partial charge in [-0.05, 0) is 30.9 Å². The number of carbonyl (C=O) groups is 1. The average molecular weight is 296 g/mol. The molecule has 108 valence electrons. The smallest absolute Gasteiger partial charge is 0.226 e. The van der Waals surface area contributed by atoms with Gasteiger partial charge < -0.3 is 15.6 Å². The second-order valence-electron chi connectivity index (χ2n) is 5.05. The summed E-state index contributed by atoms with van der Waals surface area (Å²) in [6.45, 7) is 0.496. The van der Waals surface area contributed by atoms with Crippen LogP contribution in [0.25, 0.3) is 11.0 Å². The summed E-state index contributed by atoms with van der Waals surface area (Å²) in [7, 11) is 0. The molecule has 3 N–H and O–H groups in total. The lowest BCUT2D eigenvalue weighted by molar-refractivity contribution is -0.121. The molecular weight excluding hydrogens is 278 g/mol. The van der Waals surface area contributed by atoms with E-state index in [0.717, 1.165) is 18.2 Å². The molecule has 1 amide bonds. The van der Waals surface area contributed by atoms with Crippen molar-refractivity contribution < 1.29 is 9.32 Å². The first-order valence-electron chi connectivity index (χ1n) is 6.60. The molecule has 5 nitrogen and oxygen atoms in total. The van der Waals surface area contributed by atoms with Crippen LogP contribution in [-0.2, 0) is 11.2 Å². The highest BCUT2D eigenvalue weighted by atomic mass is 35.5. The first-order chi connectivity index (χ1) is 9.28. The Morgan fingerprint density at radius 3 is 2.90 bits per heavy atom. The Hall–Kier alpha value is -1.59. The van der Waals surface area contributed by atoms with Crippen LogP contribution in [-0.4, -0.2) is 23.7 Å². The zero-order chi connectivity index (χ0) is 13.2. The van der Waals surface area contributed by atoms with Crippen LogP contribution in [0.15, 0.2) is 28.8 Å². The number of rotatable bonds is 5. The maximum Gasteiger partial charge on any atom is 0.226 e. The molecule has 1 aromatic carbocycles. The first-order valence-corrected chi connectivity index (χ1v) is 6.60. The van der Waals surface area contributed by atoms with Crippen LogP contribution in [0.3, 0.4) is 0 Å². The van der Waals surface area contributed by atoms with Gasteiger partial charge in [0.1, 0.15) is 5.69 Å². The molecule has 1 atom stereocenters. The molecule has 1 unspecified atom stereocenters. The molecule has 1 fully saturated rings. The highest BCUT2D eigenvalue weighted by Crippen LogP contribution is 2.32. The minimum atomic E-state index is -0.0404. The lowest BCUT2D eigenvalue weighted by Gasteiger charge is -2.15. The SMILES string of the molecule is Cl.NCC(NC(=O)Cc1noc2ccccc12)C1CC1. The van der Waals surface area contributed by atoms with Crippen molar-refractivity contribution in [3.63, 3.8) is 0 Å². The van der Waals surface area contributed by atoms with E-state index in [1.807, 2.05) is 24.3 Å². The fraction of sp³-hybridized carbons (Fsp3) is 0.429. The van der Waals surface area contributed by atoms with Crippen LogP contribution in [0.1, 0.15) is 18.5 Å². The van der Waals surface area contributed by atoms with Crippen molar-refractivity contribution in [2.24, 2.45) is 11.7 Å². The molecule has 1 saturated carbocycles. The standard InChI is InChI=1S/C14H17N3O2.ClH/c15-8-12(9-5-6-9)16-14(18)7-11-10-3-1-2-4-13(10)19-17-11;/h1-4,9,12H,5-8,15H2,(H,16,18);1H. The summed E-state index contributed by atoms with van der Waals surface area (Å²) in [4.78, 5) is 12.0. The molecular formula is C14H18ClN3O2. The number of para-hydroxylation sites is 1. The van der Waals surface area contributed by atoms with E-state index in [1.54, 1.807) is 0 Å². The van der Waals surface area contributed by atoms with Gasteiger partial charge in [-0.1, -0.05) is 17.3 Å². The van der Waals surface area contributed by atoms with E-state index in [2.05, 4.69) is 10.5 Å². The molecule has 20 heavy (non-hydrogen) atoms. The number of aromatic nitrogens is 1. The fourth-order valence-corrected chi connectivity index (χ4v) is 2.34. The molecule has 0 saturated heterocycles.